The van der Waals surface area contributed by atoms with Crippen molar-refractivity contribution in [3.63, 3.8) is 0 Å². The van der Waals surface area contributed by atoms with Crippen molar-refractivity contribution in [1.82, 2.24) is 10.3 Å². The number of fused-ring (bicyclic) bond motifs is 1. The Bertz CT molecular complexity index is 464. The van der Waals surface area contributed by atoms with Crippen LogP contribution in [0.3, 0.4) is 0 Å². The lowest BCUT2D eigenvalue weighted by Crippen LogP contribution is -2.16. The normalized spacial score (nSPS) is 11.2. The fourth-order valence-corrected chi connectivity index (χ4v) is 1.98. The maximum Gasteiger partial charge on any atom is 0.0478 e. The minimum atomic E-state index is 0.858. The molecular formula is C15H22N2O. The van der Waals surface area contributed by atoms with Crippen molar-refractivity contribution in [1.29, 1.82) is 0 Å². The SMILES string of the molecule is CCCOCCCNCc1ccc2cc[nH]c2c1. The van der Waals surface area contributed by atoms with E-state index in [1.54, 1.807) is 0 Å². The predicted molar refractivity (Wildman–Crippen MR) is 75.7 cm³/mol. The third-order valence-electron chi connectivity index (χ3n) is 2.94. The van der Waals surface area contributed by atoms with Crippen molar-refractivity contribution in [2.75, 3.05) is 19.8 Å². The largest absolute Gasteiger partial charge is 0.381 e. The lowest BCUT2D eigenvalue weighted by molar-refractivity contribution is 0.132. The van der Waals surface area contributed by atoms with E-state index in [0.29, 0.717) is 0 Å². The predicted octanol–water partition coefficient (Wildman–Crippen LogP) is 3.07. The van der Waals surface area contributed by atoms with Gasteiger partial charge in [-0.15, -0.1) is 0 Å². The van der Waals surface area contributed by atoms with Gasteiger partial charge in [0.2, 0.25) is 0 Å². The lowest BCUT2D eigenvalue weighted by Gasteiger charge is -2.06. The summed E-state index contributed by atoms with van der Waals surface area (Å²) in [6.07, 6.45) is 4.15. The van der Waals surface area contributed by atoms with E-state index in [2.05, 4.69) is 41.5 Å². The number of benzene rings is 1. The van der Waals surface area contributed by atoms with Crippen LogP contribution in [-0.4, -0.2) is 24.7 Å². The number of aromatic nitrogens is 1. The summed E-state index contributed by atoms with van der Waals surface area (Å²) in [6, 6.07) is 8.64. The first-order valence-corrected chi connectivity index (χ1v) is 6.74. The first kappa shape index (κ1) is 13.1. The van der Waals surface area contributed by atoms with E-state index in [0.717, 1.165) is 39.1 Å². The van der Waals surface area contributed by atoms with E-state index in [9.17, 15) is 0 Å². The Labute approximate surface area is 109 Å². The summed E-state index contributed by atoms with van der Waals surface area (Å²) >= 11 is 0. The number of hydrogen-bond donors (Lipinski definition) is 2. The van der Waals surface area contributed by atoms with Gasteiger partial charge < -0.3 is 15.0 Å². The standard InChI is InChI=1S/C15H22N2O/c1-2-9-18-10-3-7-16-12-13-4-5-14-6-8-17-15(14)11-13/h4-6,8,11,16-17H,2-3,7,9-10,12H2,1H3. The van der Waals surface area contributed by atoms with Gasteiger partial charge >= 0.3 is 0 Å². The number of nitrogens with one attached hydrogen (secondary N) is 2. The van der Waals surface area contributed by atoms with Crippen LogP contribution in [0.4, 0.5) is 0 Å². The van der Waals surface area contributed by atoms with Gasteiger partial charge in [0, 0.05) is 31.5 Å². The number of aromatic amines is 1. The van der Waals surface area contributed by atoms with Crippen LogP contribution in [-0.2, 0) is 11.3 Å². The van der Waals surface area contributed by atoms with E-state index in [4.69, 9.17) is 4.74 Å². The molecule has 0 saturated heterocycles. The zero-order chi connectivity index (χ0) is 12.6. The topological polar surface area (TPSA) is 37.0 Å². The molecule has 0 aliphatic heterocycles. The Kier molecular flexibility index (Phi) is 5.24. The Hall–Kier alpha value is -1.32. The first-order chi connectivity index (χ1) is 8.90. The van der Waals surface area contributed by atoms with Crippen LogP contribution in [0.2, 0.25) is 0 Å². The summed E-state index contributed by atoms with van der Waals surface area (Å²) in [4.78, 5) is 3.24. The second kappa shape index (κ2) is 7.19. The molecule has 1 heterocycles. The van der Waals surface area contributed by atoms with Crippen molar-refractivity contribution < 1.29 is 4.74 Å². The average Bonchev–Trinajstić information content (AvgIpc) is 2.85. The highest BCUT2D eigenvalue weighted by Crippen LogP contribution is 2.13. The van der Waals surface area contributed by atoms with Crippen LogP contribution in [0.1, 0.15) is 25.3 Å². The molecule has 0 bridgehead atoms. The number of H-pyrrole nitrogens is 1. The van der Waals surface area contributed by atoms with Gasteiger partial charge in [0.25, 0.3) is 0 Å². The Morgan fingerprint density at radius 1 is 1.22 bits per heavy atom. The second-order valence-electron chi connectivity index (χ2n) is 4.54. The Morgan fingerprint density at radius 3 is 3.06 bits per heavy atom. The molecule has 0 unspecified atom stereocenters. The van der Waals surface area contributed by atoms with E-state index in [-0.39, 0.29) is 0 Å². The molecule has 1 aromatic carbocycles. The summed E-state index contributed by atoms with van der Waals surface area (Å²) in [7, 11) is 0. The maximum absolute atomic E-state index is 5.44. The zero-order valence-corrected chi connectivity index (χ0v) is 11.0. The van der Waals surface area contributed by atoms with Crippen LogP contribution >= 0.6 is 0 Å². The third-order valence-corrected chi connectivity index (χ3v) is 2.94. The van der Waals surface area contributed by atoms with Gasteiger partial charge in [-0.1, -0.05) is 19.1 Å². The van der Waals surface area contributed by atoms with Gasteiger partial charge in [0.15, 0.2) is 0 Å². The average molecular weight is 246 g/mol. The van der Waals surface area contributed by atoms with Crippen LogP contribution in [0, 0.1) is 0 Å². The molecule has 98 valence electrons. The van der Waals surface area contributed by atoms with E-state index >= 15 is 0 Å². The van der Waals surface area contributed by atoms with Crippen molar-refractivity contribution in [3.05, 3.63) is 36.0 Å². The quantitative estimate of drug-likeness (QED) is 0.702. The van der Waals surface area contributed by atoms with E-state index in [1.165, 1.54) is 16.5 Å². The molecule has 0 atom stereocenters. The molecule has 3 heteroatoms. The molecule has 2 rings (SSSR count). The van der Waals surface area contributed by atoms with Gasteiger partial charge in [-0.3, -0.25) is 0 Å². The molecule has 0 radical (unpaired) electrons. The van der Waals surface area contributed by atoms with Crippen molar-refractivity contribution in [2.45, 2.75) is 26.3 Å². The molecule has 0 fully saturated rings. The van der Waals surface area contributed by atoms with Gasteiger partial charge in [-0.05, 0) is 42.5 Å². The number of hydrogen-bond acceptors (Lipinski definition) is 2. The fraction of sp³-hybridized carbons (Fsp3) is 0.467. The highest BCUT2D eigenvalue weighted by atomic mass is 16.5. The maximum atomic E-state index is 5.44. The van der Waals surface area contributed by atoms with Crippen LogP contribution in [0.15, 0.2) is 30.5 Å². The van der Waals surface area contributed by atoms with Gasteiger partial charge in [-0.2, -0.15) is 0 Å². The van der Waals surface area contributed by atoms with Crippen LogP contribution < -0.4 is 5.32 Å². The van der Waals surface area contributed by atoms with Gasteiger partial charge in [0.1, 0.15) is 0 Å². The summed E-state index contributed by atoms with van der Waals surface area (Å²) in [6.45, 7) is 5.80. The van der Waals surface area contributed by atoms with E-state index in [1.807, 2.05) is 6.20 Å². The minimum absolute atomic E-state index is 0.858. The first-order valence-electron chi connectivity index (χ1n) is 6.74. The molecule has 2 N–H and O–H groups in total. The number of ether oxygens (including phenoxy) is 1. The zero-order valence-electron chi connectivity index (χ0n) is 11.0. The molecule has 1 aromatic heterocycles. The summed E-state index contributed by atoms with van der Waals surface area (Å²) in [5.41, 5.74) is 2.53. The number of rotatable bonds is 8. The molecule has 0 aliphatic rings. The molecular weight excluding hydrogens is 224 g/mol. The van der Waals surface area contributed by atoms with Crippen LogP contribution in [0.25, 0.3) is 10.9 Å². The molecule has 0 saturated carbocycles. The Balaban J connectivity index is 1.67. The molecule has 0 spiro atoms. The molecule has 2 aromatic rings. The van der Waals surface area contributed by atoms with Crippen LogP contribution in [0.5, 0.6) is 0 Å². The van der Waals surface area contributed by atoms with Crippen molar-refractivity contribution >= 4 is 10.9 Å². The van der Waals surface area contributed by atoms with Crippen molar-refractivity contribution in [2.24, 2.45) is 0 Å². The second-order valence-corrected chi connectivity index (χ2v) is 4.54. The molecule has 0 aliphatic carbocycles. The summed E-state index contributed by atoms with van der Waals surface area (Å²) < 4.78 is 5.44. The summed E-state index contributed by atoms with van der Waals surface area (Å²) in [5, 5.41) is 4.71. The Morgan fingerprint density at radius 2 is 2.17 bits per heavy atom. The van der Waals surface area contributed by atoms with Crippen molar-refractivity contribution in [3.8, 4) is 0 Å². The fourth-order valence-electron chi connectivity index (χ4n) is 1.98. The van der Waals surface area contributed by atoms with Gasteiger partial charge in [0.05, 0.1) is 0 Å². The van der Waals surface area contributed by atoms with E-state index < -0.39 is 0 Å². The monoisotopic (exact) mass is 246 g/mol. The summed E-state index contributed by atoms with van der Waals surface area (Å²) in [5.74, 6) is 0. The minimum Gasteiger partial charge on any atom is -0.381 e. The molecule has 0 amide bonds. The molecule has 3 nitrogen and oxygen atoms in total. The molecule has 18 heavy (non-hydrogen) atoms. The lowest BCUT2D eigenvalue weighted by atomic mass is 10.1. The third kappa shape index (κ3) is 3.86. The smallest absolute Gasteiger partial charge is 0.0478 e. The van der Waals surface area contributed by atoms with Gasteiger partial charge in [-0.25, -0.2) is 0 Å². The highest BCUT2D eigenvalue weighted by molar-refractivity contribution is 5.79. The highest BCUT2D eigenvalue weighted by Gasteiger charge is 1.97.